The Morgan fingerprint density at radius 1 is 1.08 bits per heavy atom. The molecule has 2 aromatic carbocycles. The molecule has 0 atom stereocenters. The Morgan fingerprint density at radius 3 is 2.71 bits per heavy atom. The molecule has 0 bridgehead atoms. The Hall–Kier alpha value is -2.80. The zero-order valence-electron chi connectivity index (χ0n) is 12.3. The first kappa shape index (κ1) is 16.1. The molecule has 0 radical (unpaired) electrons. The zero-order valence-corrected chi connectivity index (χ0v) is 13.9. The maximum atomic E-state index is 13.2. The van der Waals surface area contributed by atoms with Crippen molar-refractivity contribution in [1.82, 2.24) is 9.97 Å². The maximum absolute atomic E-state index is 13.2. The predicted octanol–water partition coefficient (Wildman–Crippen LogP) is 4.37. The number of benzene rings is 2. The lowest BCUT2D eigenvalue weighted by Crippen LogP contribution is -2.15. The van der Waals surface area contributed by atoms with Gasteiger partial charge in [0.15, 0.2) is 0 Å². The van der Waals surface area contributed by atoms with E-state index in [0.29, 0.717) is 11.4 Å². The van der Waals surface area contributed by atoms with Crippen molar-refractivity contribution in [2.45, 2.75) is 0 Å². The smallest absolute Gasteiger partial charge is 0.274 e. The van der Waals surface area contributed by atoms with E-state index in [2.05, 4.69) is 36.5 Å². The van der Waals surface area contributed by atoms with Crippen molar-refractivity contribution in [1.29, 1.82) is 0 Å². The summed E-state index contributed by atoms with van der Waals surface area (Å²) in [7, 11) is 0. The van der Waals surface area contributed by atoms with E-state index in [1.165, 1.54) is 24.4 Å². The number of amides is 1. The SMILES string of the molecule is O=C(Nc1ccccc1Br)c1ccnc(Nc2cccc(F)c2)n1. The van der Waals surface area contributed by atoms with E-state index in [1.807, 2.05) is 18.2 Å². The molecule has 0 aliphatic rings. The van der Waals surface area contributed by atoms with Crippen molar-refractivity contribution in [2.75, 3.05) is 10.6 Å². The second kappa shape index (κ2) is 7.18. The Morgan fingerprint density at radius 2 is 1.92 bits per heavy atom. The molecule has 0 saturated heterocycles. The quantitative estimate of drug-likeness (QED) is 0.698. The van der Waals surface area contributed by atoms with E-state index in [1.54, 1.807) is 18.2 Å². The number of hydrogen-bond acceptors (Lipinski definition) is 4. The van der Waals surface area contributed by atoms with Crippen molar-refractivity contribution < 1.29 is 9.18 Å². The number of halogens is 2. The number of anilines is 3. The Kier molecular flexibility index (Phi) is 4.81. The Balaban J connectivity index is 1.77. The molecule has 24 heavy (non-hydrogen) atoms. The van der Waals surface area contributed by atoms with Crippen LogP contribution in [0.2, 0.25) is 0 Å². The molecule has 1 amide bonds. The van der Waals surface area contributed by atoms with Crippen LogP contribution in [0, 0.1) is 5.82 Å². The molecule has 0 spiro atoms. The highest BCUT2D eigenvalue weighted by Gasteiger charge is 2.11. The summed E-state index contributed by atoms with van der Waals surface area (Å²) >= 11 is 3.37. The van der Waals surface area contributed by atoms with Crippen LogP contribution < -0.4 is 10.6 Å². The number of nitrogens with one attached hydrogen (secondary N) is 2. The van der Waals surface area contributed by atoms with Crippen LogP contribution in [-0.2, 0) is 0 Å². The van der Waals surface area contributed by atoms with Crippen LogP contribution in [0.15, 0.2) is 65.3 Å². The predicted molar refractivity (Wildman–Crippen MR) is 93.8 cm³/mol. The lowest BCUT2D eigenvalue weighted by atomic mass is 10.3. The lowest BCUT2D eigenvalue weighted by Gasteiger charge is -2.08. The van der Waals surface area contributed by atoms with Gasteiger partial charge in [0.05, 0.1) is 5.69 Å². The molecule has 0 unspecified atom stereocenters. The molecule has 0 fully saturated rings. The van der Waals surface area contributed by atoms with Crippen LogP contribution >= 0.6 is 15.9 Å². The first-order valence-electron chi connectivity index (χ1n) is 7.03. The summed E-state index contributed by atoms with van der Waals surface area (Å²) in [5, 5.41) is 5.63. The van der Waals surface area contributed by atoms with Gasteiger partial charge in [-0.25, -0.2) is 14.4 Å². The second-order valence-corrected chi connectivity index (χ2v) is 5.69. The van der Waals surface area contributed by atoms with E-state index in [4.69, 9.17) is 0 Å². The molecule has 0 saturated carbocycles. The summed E-state index contributed by atoms with van der Waals surface area (Å²) in [6, 6.07) is 14.7. The van der Waals surface area contributed by atoms with Crippen LogP contribution in [-0.4, -0.2) is 15.9 Å². The molecular weight excluding hydrogens is 375 g/mol. The molecule has 120 valence electrons. The molecule has 5 nitrogen and oxygen atoms in total. The number of carbonyl (C=O) groups excluding carboxylic acids is 1. The third-order valence-corrected chi connectivity index (χ3v) is 3.78. The summed E-state index contributed by atoms with van der Waals surface area (Å²) in [6.45, 7) is 0. The molecule has 3 rings (SSSR count). The standard InChI is InChI=1S/C17H12BrFN4O/c18-13-6-1-2-7-14(13)22-16(24)15-8-9-20-17(23-15)21-12-5-3-4-11(19)10-12/h1-10H,(H,22,24)(H,20,21,23). The van der Waals surface area contributed by atoms with E-state index < -0.39 is 0 Å². The fourth-order valence-electron chi connectivity index (χ4n) is 1.99. The Labute approximate surface area is 146 Å². The molecule has 2 N–H and O–H groups in total. The first-order valence-corrected chi connectivity index (χ1v) is 7.82. The van der Waals surface area contributed by atoms with Gasteiger partial charge in [0, 0.05) is 16.4 Å². The van der Waals surface area contributed by atoms with Gasteiger partial charge >= 0.3 is 0 Å². The third-order valence-electron chi connectivity index (χ3n) is 3.09. The van der Waals surface area contributed by atoms with Crippen molar-refractivity contribution in [3.05, 3.63) is 76.8 Å². The minimum atomic E-state index is -0.372. The number of carbonyl (C=O) groups is 1. The van der Waals surface area contributed by atoms with Gasteiger partial charge in [-0.15, -0.1) is 0 Å². The van der Waals surface area contributed by atoms with Crippen molar-refractivity contribution in [3.63, 3.8) is 0 Å². The monoisotopic (exact) mass is 386 g/mol. The molecule has 1 heterocycles. The van der Waals surface area contributed by atoms with Crippen LogP contribution in [0.1, 0.15) is 10.5 Å². The van der Waals surface area contributed by atoms with Crippen LogP contribution in [0.25, 0.3) is 0 Å². The lowest BCUT2D eigenvalue weighted by molar-refractivity contribution is 0.102. The minimum absolute atomic E-state index is 0.194. The summed E-state index contributed by atoms with van der Waals surface area (Å²) in [5.74, 6) is -0.533. The van der Waals surface area contributed by atoms with E-state index in [0.717, 1.165) is 4.47 Å². The van der Waals surface area contributed by atoms with E-state index in [-0.39, 0.29) is 23.4 Å². The van der Waals surface area contributed by atoms with Crippen LogP contribution in [0.5, 0.6) is 0 Å². The van der Waals surface area contributed by atoms with Crippen LogP contribution in [0.3, 0.4) is 0 Å². The molecule has 1 aromatic heterocycles. The van der Waals surface area contributed by atoms with Crippen LogP contribution in [0.4, 0.5) is 21.7 Å². The minimum Gasteiger partial charge on any atom is -0.324 e. The van der Waals surface area contributed by atoms with Gasteiger partial charge in [-0.2, -0.15) is 0 Å². The molecular formula is C17H12BrFN4O. The maximum Gasteiger partial charge on any atom is 0.274 e. The summed E-state index contributed by atoms with van der Waals surface area (Å²) < 4.78 is 14.0. The summed E-state index contributed by atoms with van der Waals surface area (Å²) in [5.41, 5.74) is 1.33. The van der Waals surface area contributed by atoms with Gasteiger partial charge < -0.3 is 10.6 Å². The highest BCUT2D eigenvalue weighted by atomic mass is 79.9. The average Bonchev–Trinajstić information content (AvgIpc) is 2.57. The molecule has 0 aliphatic carbocycles. The van der Waals surface area contributed by atoms with Gasteiger partial charge in [0.2, 0.25) is 5.95 Å². The van der Waals surface area contributed by atoms with Gasteiger partial charge in [-0.1, -0.05) is 18.2 Å². The summed E-state index contributed by atoms with van der Waals surface area (Å²) in [4.78, 5) is 20.5. The van der Waals surface area contributed by atoms with Gasteiger partial charge in [0.1, 0.15) is 11.5 Å². The molecule has 3 aromatic rings. The van der Waals surface area contributed by atoms with Gasteiger partial charge in [-0.05, 0) is 52.3 Å². The average molecular weight is 387 g/mol. The summed E-state index contributed by atoms with van der Waals surface area (Å²) in [6.07, 6.45) is 1.46. The number of para-hydroxylation sites is 1. The normalized spacial score (nSPS) is 10.2. The highest BCUT2D eigenvalue weighted by Crippen LogP contribution is 2.22. The van der Waals surface area contributed by atoms with Crippen molar-refractivity contribution in [2.24, 2.45) is 0 Å². The molecule has 7 heteroatoms. The number of nitrogens with zero attached hydrogens (tertiary/aromatic N) is 2. The van der Waals surface area contributed by atoms with Gasteiger partial charge in [-0.3, -0.25) is 4.79 Å². The largest absolute Gasteiger partial charge is 0.324 e. The second-order valence-electron chi connectivity index (χ2n) is 4.83. The van der Waals surface area contributed by atoms with E-state index >= 15 is 0 Å². The van der Waals surface area contributed by atoms with E-state index in [9.17, 15) is 9.18 Å². The topological polar surface area (TPSA) is 66.9 Å². The van der Waals surface area contributed by atoms with Crippen molar-refractivity contribution in [3.8, 4) is 0 Å². The molecule has 0 aliphatic heterocycles. The third kappa shape index (κ3) is 3.94. The highest BCUT2D eigenvalue weighted by molar-refractivity contribution is 9.10. The first-order chi connectivity index (χ1) is 11.6. The zero-order chi connectivity index (χ0) is 16.9. The number of aromatic nitrogens is 2. The Bertz CT molecular complexity index is 888. The van der Waals surface area contributed by atoms with Crippen molar-refractivity contribution >= 4 is 39.2 Å². The fourth-order valence-corrected chi connectivity index (χ4v) is 2.37. The number of hydrogen-bond donors (Lipinski definition) is 2. The van der Waals surface area contributed by atoms with Gasteiger partial charge in [0.25, 0.3) is 5.91 Å². The fraction of sp³-hybridized carbons (Fsp3) is 0. The number of rotatable bonds is 4.